The lowest BCUT2D eigenvalue weighted by atomic mass is 10.1. The van der Waals surface area contributed by atoms with Crippen molar-refractivity contribution in [3.63, 3.8) is 0 Å². The van der Waals surface area contributed by atoms with Crippen LogP contribution < -0.4 is 5.73 Å². The van der Waals surface area contributed by atoms with Crippen LogP contribution in [-0.2, 0) is 14.3 Å². The molecule has 2 unspecified atom stereocenters. The third-order valence-corrected chi connectivity index (χ3v) is 2.99. The van der Waals surface area contributed by atoms with Crippen LogP contribution in [0.4, 0.5) is 0 Å². The number of hydrogen-bond acceptors (Lipinski definition) is 4. The minimum absolute atomic E-state index is 0. The van der Waals surface area contributed by atoms with E-state index in [9.17, 15) is 4.79 Å². The summed E-state index contributed by atoms with van der Waals surface area (Å²) in [6.07, 6.45) is 0.855. The molecule has 2 aliphatic rings. The topological polar surface area (TPSA) is 64.8 Å². The van der Waals surface area contributed by atoms with Gasteiger partial charge in [0.25, 0.3) is 0 Å². The number of rotatable bonds is 2. The van der Waals surface area contributed by atoms with Crippen molar-refractivity contribution in [2.75, 3.05) is 39.5 Å². The van der Waals surface area contributed by atoms with Gasteiger partial charge in [-0.3, -0.25) is 4.79 Å². The van der Waals surface area contributed by atoms with Crippen molar-refractivity contribution >= 4 is 18.3 Å². The Bertz CT molecular complexity index is 234. The van der Waals surface area contributed by atoms with Crippen LogP contribution in [0.3, 0.4) is 0 Å². The number of hydrogen-bond donors (Lipinski definition) is 1. The molecule has 2 heterocycles. The molecule has 5 nitrogen and oxygen atoms in total. The van der Waals surface area contributed by atoms with E-state index in [1.165, 1.54) is 0 Å². The zero-order chi connectivity index (χ0) is 10.7. The van der Waals surface area contributed by atoms with Crippen molar-refractivity contribution in [3.8, 4) is 0 Å². The second-order valence-electron chi connectivity index (χ2n) is 4.07. The maximum Gasteiger partial charge on any atom is 0.228 e. The predicted octanol–water partition coefficient (Wildman–Crippen LogP) is -0.369. The number of nitrogens with zero attached hydrogens (tertiary/aromatic N) is 1. The van der Waals surface area contributed by atoms with Gasteiger partial charge in [0, 0.05) is 26.2 Å². The third kappa shape index (κ3) is 3.07. The molecule has 0 aromatic carbocycles. The Kier molecular flexibility index (Phi) is 5.48. The molecule has 2 fully saturated rings. The molecule has 0 saturated carbocycles. The lowest BCUT2D eigenvalue weighted by Gasteiger charge is -2.33. The predicted molar refractivity (Wildman–Crippen MR) is 61.5 cm³/mol. The molecule has 0 spiro atoms. The first-order valence-electron chi connectivity index (χ1n) is 5.49. The number of morpholine rings is 1. The molecule has 2 saturated heterocycles. The van der Waals surface area contributed by atoms with Gasteiger partial charge in [-0.15, -0.1) is 12.4 Å². The van der Waals surface area contributed by atoms with Crippen molar-refractivity contribution < 1.29 is 14.3 Å². The Labute approximate surface area is 102 Å². The maximum absolute atomic E-state index is 12.0. The van der Waals surface area contributed by atoms with E-state index < -0.39 is 0 Å². The van der Waals surface area contributed by atoms with Crippen molar-refractivity contribution in [3.05, 3.63) is 0 Å². The summed E-state index contributed by atoms with van der Waals surface area (Å²) in [6.45, 7) is 3.67. The molecule has 0 aliphatic carbocycles. The van der Waals surface area contributed by atoms with Gasteiger partial charge in [-0.25, -0.2) is 0 Å². The Hall–Kier alpha value is -0.360. The number of carbonyl (C=O) groups excluding carboxylic acids is 1. The van der Waals surface area contributed by atoms with Crippen LogP contribution >= 0.6 is 12.4 Å². The summed E-state index contributed by atoms with van der Waals surface area (Å²) in [5.41, 5.74) is 5.53. The van der Waals surface area contributed by atoms with Crippen molar-refractivity contribution in [1.29, 1.82) is 0 Å². The molecule has 16 heavy (non-hydrogen) atoms. The highest BCUT2D eigenvalue weighted by molar-refractivity contribution is 5.85. The summed E-state index contributed by atoms with van der Waals surface area (Å²) < 4.78 is 10.6. The number of halogens is 1. The molecule has 0 radical (unpaired) electrons. The van der Waals surface area contributed by atoms with E-state index in [0.29, 0.717) is 39.5 Å². The normalized spacial score (nSPS) is 29.9. The highest BCUT2D eigenvalue weighted by Crippen LogP contribution is 2.17. The second-order valence-corrected chi connectivity index (χ2v) is 4.07. The third-order valence-electron chi connectivity index (χ3n) is 2.99. The van der Waals surface area contributed by atoms with Crippen molar-refractivity contribution in [1.82, 2.24) is 4.90 Å². The first-order chi connectivity index (χ1) is 7.31. The van der Waals surface area contributed by atoms with Gasteiger partial charge in [-0.05, 0) is 6.42 Å². The molecule has 0 aromatic heterocycles. The van der Waals surface area contributed by atoms with Gasteiger partial charge < -0.3 is 20.1 Å². The molecule has 0 bridgehead atoms. The summed E-state index contributed by atoms with van der Waals surface area (Å²) in [5.74, 6) is 0.260. The van der Waals surface area contributed by atoms with Gasteiger partial charge >= 0.3 is 0 Å². The Morgan fingerprint density at radius 2 is 2.25 bits per heavy atom. The average Bonchev–Trinajstić information content (AvgIpc) is 2.81. The summed E-state index contributed by atoms with van der Waals surface area (Å²) in [4.78, 5) is 13.9. The highest BCUT2D eigenvalue weighted by Gasteiger charge is 2.30. The van der Waals surface area contributed by atoms with Gasteiger partial charge in [0.15, 0.2) is 0 Å². The smallest absolute Gasteiger partial charge is 0.228 e. The number of amides is 1. The first-order valence-corrected chi connectivity index (χ1v) is 5.49. The van der Waals surface area contributed by atoms with E-state index in [0.717, 1.165) is 6.42 Å². The van der Waals surface area contributed by atoms with Gasteiger partial charge in [0.1, 0.15) is 0 Å². The standard InChI is InChI=1S/C10H18N2O3.ClH/c11-5-9-6-12(2-4-15-9)10(13)8-1-3-14-7-8;/h8-9H,1-7,11H2;1H. The van der Waals surface area contributed by atoms with Crippen LogP contribution in [0.15, 0.2) is 0 Å². The van der Waals surface area contributed by atoms with Gasteiger partial charge in [0.05, 0.1) is 25.2 Å². The van der Waals surface area contributed by atoms with Gasteiger partial charge in [-0.2, -0.15) is 0 Å². The van der Waals surface area contributed by atoms with E-state index in [1.54, 1.807) is 0 Å². The van der Waals surface area contributed by atoms with Crippen molar-refractivity contribution in [2.45, 2.75) is 12.5 Å². The van der Waals surface area contributed by atoms with Crippen LogP contribution in [0.25, 0.3) is 0 Å². The Morgan fingerprint density at radius 1 is 1.44 bits per heavy atom. The summed E-state index contributed by atoms with van der Waals surface area (Å²) in [5, 5.41) is 0. The summed E-state index contributed by atoms with van der Waals surface area (Å²) in [6, 6.07) is 0. The fraction of sp³-hybridized carbons (Fsp3) is 0.900. The molecule has 2 N–H and O–H groups in total. The van der Waals surface area contributed by atoms with Gasteiger partial charge in [0.2, 0.25) is 5.91 Å². The first kappa shape index (κ1) is 13.7. The quantitative estimate of drug-likeness (QED) is 0.727. The van der Waals surface area contributed by atoms with Crippen LogP contribution in [0.1, 0.15) is 6.42 Å². The minimum Gasteiger partial charge on any atom is -0.381 e. The van der Waals surface area contributed by atoms with E-state index in [4.69, 9.17) is 15.2 Å². The molecule has 0 aromatic rings. The van der Waals surface area contributed by atoms with E-state index >= 15 is 0 Å². The number of ether oxygens (including phenoxy) is 2. The van der Waals surface area contributed by atoms with Crippen molar-refractivity contribution in [2.24, 2.45) is 11.7 Å². The molecule has 2 atom stereocenters. The highest BCUT2D eigenvalue weighted by atomic mass is 35.5. The van der Waals surface area contributed by atoms with Crippen LogP contribution in [0.2, 0.25) is 0 Å². The zero-order valence-corrected chi connectivity index (χ0v) is 10.1. The molecule has 2 aliphatic heterocycles. The van der Waals surface area contributed by atoms with Crippen LogP contribution in [-0.4, -0.2) is 56.4 Å². The Morgan fingerprint density at radius 3 is 2.88 bits per heavy atom. The number of nitrogens with two attached hydrogens (primary N) is 1. The van der Waals surface area contributed by atoms with E-state index in [2.05, 4.69) is 0 Å². The molecular weight excluding hydrogens is 232 g/mol. The fourth-order valence-electron chi connectivity index (χ4n) is 2.05. The van der Waals surface area contributed by atoms with E-state index in [1.807, 2.05) is 4.90 Å². The van der Waals surface area contributed by atoms with Crippen LogP contribution in [0.5, 0.6) is 0 Å². The molecule has 1 amide bonds. The largest absolute Gasteiger partial charge is 0.381 e. The van der Waals surface area contributed by atoms with E-state index in [-0.39, 0.29) is 30.3 Å². The fourth-order valence-corrected chi connectivity index (χ4v) is 2.05. The lowest BCUT2D eigenvalue weighted by Crippen LogP contribution is -2.50. The van der Waals surface area contributed by atoms with Crippen LogP contribution in [0, 0.1) is 5.92 Å². The minimum atomic E-state index is 0. The average molecular weight is 251 g/mol. The molecule has 6 heteroatoms. The molecule has 94 valence electrons. The summed E-state index contributed by atoms with van der Waals surface area (Å²) in [7, 11) is 0. The summed E-state index contributed by atoms with van der Waals surface area (Å²) >= 11 is 0. The lowest BCUT2D eigenvalue weighted by molar-refractivity contribution is -0.142. The SMILES string of the molecule is Cl.NCC1CN(C(=O)C2CCOC2)CCO1. The van der Waals surface area contributed by atoms with Gasteiger partial charge in [-0.1, -0.05) is 0 Å². The number of carbonyl (C=O) groups is 1. The second kappa shape index (κ2) is 6.39. The Balaban J connectivity index is 0.00000128. The maximum atomic E-state index is 12.0. The zero-order valence-electron chi connectivity index (χ0n) is 9.26. The molecule has 2 rings (SSSR count). The monoisotopic (exact) mass is 250 g/mol. The molecular formula is C10H19ClN2O3.